The topological polar surface area (TPSA) is 69.3 Å². The number of nitrogens with one attached hydrogen (secondary N) is 1. The summed E-state index contributed by atoms with van der Waals surface area (Å²) in [6, 6.07) is 8.80. The lowest BCUT2D eigenvalue weighted by Crippen LogP contribution is -2.41. The summed E-state index contributed by atoms with van der Waals surface area (Å²) >= 11 is 0. The van der Waals surface area contributed by atoms with E-state index in [1.807, 2.05) is 29.2 Å². The van der Waals surface area contributed by atoms with Gasteiger partial charge in [0.15, 0.2) is 0 Å². The molecule has 6 heteroatoms. The molecule has 31 heavy (non-hydrogen) atoms. The number of carbonyl (C=O) groups excluding carboxylic acids is 1. The highest BCUT2D eigenvalue weighted by molar-refractivity contribution is 5.79. The van der Waals surface area contributed by atoms with Crippen LogP contribution in [0.2, 0.25) is 0 Å². The SMILES string of the molecule is Cc1ccc(CC(=O)N2CCC(c3nc4c(c(=O)[nH]3)CCN(C3CCCC3)C4)C2)cc1. The average Bonchev–Trinajstić information content (AvgIpc) is 3.47. The maximum atomic E-state index is 12.8. The van der Waals surface area contributed by atoms with E-state index in [1.54, 1.807) is 0 Å². The first-order valence-corrected chi connectivity index (χ1v) is 11.8. The third-order valence-electron chi connectivity index (χ3n) is 7.37. The molecule has 2 aromatic rings. The van der Waals surface area contributed by atoms with Crippen molar-refractivity contribution in [2.45, 2.75) is 70.4 Å². The number of nitrogens with zero attached hydrogens (tertiary/aromatic N) is 3. The Morgan fingerprint density at radius 2 is 1.90 bits per heavy atom. The number of aromatic nitrogens is 2. The lowest BCUT2D eigenvalue weighted by Gasteiger charge is -2.32. The maximum Gasteiger partial charge on any atom is 0.254 e. The number of amides is 1. The van der Waals surface area contributed by atoms with Gasteiger partial charge in [-0.3, -0.25) is 14.5 Å². The predicted octanol–water partition coefficient (Wildman–Crippen LogP) is 2.94. The lowest BCUT2D eigenvalue weighted by molar-refractivity contribution is -0.129. The highest BCUT2D eigenvalue weighted by atomic mass is 16.2. The molecule has 0 bridgehead atoms. The van der Waals surface area contributed by atoms with Crippen LogP contribution in [0.3, 0.4) is 0 Å². The average molecular weight is 421 g/mol. The number of benzene rings is 1. The van der Waals surface area contributed by atoms with Crippen molar-refractivity contribution in [3.8, 4) is 0 Å². The summed E-state index contributed by atoms with van der Waals surface area (Å²) in [5.41, 5.74) is 4.10. The first-order valence-electron chi connectivity index (χ1n) is 11.8. The number of aromatic amines is 1. The third-order valence-corrected chi connectivity index (χ3v) is 7.37. The van der Waals surface area contributed by atoms with Crippen LogP contribution in [0.5, 0.6) is 0 Å². The van der Waals surface area contributed by atoms with E-state index in [2.05, 4.69) is 16.8 Å². The number of aryl methyl sites for hydroxylation is 1. The van der Waals surface area contributed by atoms with E-state index < -0.39 is 0 Å². The molecule has 1 saturated carbocycles. The summed E-state index contributed by atoms with van der Waals surface area (Å²) in [6.07, 6.45) is 7.25. The van der Waals surface area contributed by atoms with Gasteiger partial charge in [0.2, 0.25) is 5.91 Å². The number of carbonyl (C=O) groups is 1. The van der Waals surface area contributed by atoms with Crippen LogP contribution in [0, 0.1) is 6.92 Å². The zero-order valence-electron chi connectivity index (χ0n) is 18.4. The van der Waals surface area contributed by atoms with Crippen molar-refractivity contribution in [2.75, 3.05) is 19.6 Å². The fourth-order valence-corrected chi connectivity index (χ4v) is 5.46. The molecule has 0 radical (unpaired) electrons. The van der Waals surface area contributed by atoms with Crippen LogP contribution in [-0.4, -0.2) is 51.4 Å². The summed E-state index contributed by atoms with van der Waals surface area (Å²) < 4.78 is 0. The molecule has 1 aliphatic carbocycles. The Morgan fingerprint density at radius 3 is 2.68 bits per heavy atom. The molecule has 1 amide bonds. The molecular weight excluding hydrogens is 388 g/mol. The molecule has 1 saturated heterocycles. The van der Waals surface area contributed by atoms with Crippen molar-refractivity contribution in [2.24, 2.45) is 0 Å². The largest absolute Gasteiger partial charge is 0.342 e. The summed E-state index contributed by atoms with van der Waals surface area (Å²) in [7, 11) is 0. The van der Waals surface area contributed by atoms with E-state index in [9.17, 15) is 9.59 Å². The molecule has 3 aliphatic rings. The van der Waals surface area contributed by atoms with Crippen molar-refractivity contribution in [1.82, 2.24) is 19.8 Å². The third kappa shape index (κ3) is 4.31. The van der Waals surface area contributed by atoms with Crippen molar-refractivity contribution in [3.05, 3.63) is 62.8 Å². The van der Waals surface area contributed by atoms with Crippen LogP contribution in [0.15, 0.2) is 29.1 Å². The van der Waals surface area contributed by atoms with E-state index in [0.29, 0.717) is 19.0 Å². The summed E-state index contributed by atoms with van der Waals surface area (Å²) in [5.74, 6) is 1.03. The van der Waals surface area contributed by atoms with E-state index in [-0.39, 0.29) is 17.4 Å². The molecule has 1 atom stereocenters. The van der Waals surface area contributed by atoms with Gasteiger partial charge in [0, 0.05) is 43.7 Å². The zero-order valence-corrected chi connectivity index (χ0v) is 18.4. The molecule has 164 valence electrons. The van der Waals surface area contributed by atoms with Gasteiger partial charge in [0.1, 0.15) is 5.82 Å². The molecule has 1 N–H and O–H groups in total. The minimum Gasteiger partial charge on any atom is -0.342 e. The molecular formula is C25H32N4O2. The first kappa shape index (κ1) is 20.4. The quantitative estimate of drug-likeness (QED) is 0.826. The molecule has 1 aromatic carbocycles. The Kier molecular flexibility index (Phi) is 5.65. The Bertz CT molecular complexity index is 1010. The van der Waals surface area contributed by atoms with Gasteiger partial charge in [-0.1, -0.05) is 42.7 Å². The number of likely N-dealkylation sites (tertiary alicyclic amines) is 1. The van der Waals surface area contributed by atoms with Gasteiger partial charge in [0.25, 0.3) is 5.56 Å². The minimum atomic E-state index is 0.0236. The summed E-state index contributed by atoms with van der Waals surface area (Å²) in [5, 5.41) is 0. The second-order valence-electron chi connectivity index (χ2n) is 9.52. The molecule has 6 nitrogen and oxygen atoms in total. The fourth-order valence-electron chi connectivity index (χ4n) is 5.46. The number of hydrogen-bond donors (Lipinski definition) is 1. The number of fused-ring (bicyclic) bond motifs is 1. The molecule has 2 fully saturated rings. The molecule has 1 aromatic heterocycles. The van der Waals surface area contributed by atoms with Gasteiger partial charge in [-0.05, 0) is 38.2 Å². The normalized spacial score (nSPS) is 22.1. The Morgan fingerprint density at radius 1 is 1.13 bits per heavy atom. The van der Waals surface area contributed by atoms with Gasteiger partial charge in [-0.25, -0.2) is 4.98 Å². The predicted molar refractivity (Wildman–Crippen MR) is 120 cm³/mol. The maximum absolute atomic E-state index is 12.8. The summed E-state index contributed by atoms with van der Waals surface area (Å²) in [4.78, 5) is 38.0. The van der Waals surface area contributed by atoms with Crippen LogP contribution < -0.4 is 5.56 Å². The summed E-state index contributed by atoms with van der Waals surface area (Å²) in [6.45, 7) is 5.17. The second kappa shape index (κ2) is 8.58. The van der Waals surface area contributed by atoms with Crippen LogP contribution in [0.4, 0.5) is 0 Å². The van der Waals surface area contributed by atoms with Crippen LogP contribution in [-0.2, 0) is 24.2 Å². The van der Waals surface area contributed by atoms with E-state index in [4.69, 9.17) is 4.98 Å². The number of hydrogen-bond acceptors (Lipinski definition) is 4. The van der Waals surface area contributed by atoms with E-state index >= 15 is 0 Å². The molecule has 1 unspecified atom stereocenters. The van der Waals surface area contributed by atoms with Gasteiger partial charge in [0.05, 0.1) is 12.1 Å². The molecule has 2 aliphatic heterocycles. The van der Waals surface area contributed by atoms with E-state index in [0.717, 1.165) is 55.1 Å². The molecule has 0 spiro atoms. The number of H-pyrrole nitrogens is 1. The van der Waals surface area contributed by atoms with Crippen molar-refractivity contribution in [1.29, 1.82) is 0 Å². The van der Waals surface area contributed by atoms with Crippen molar-refractivity contribution < 1.29 is 4.79 Å². The van der Waals surface area contributed by atoms with Crippen molar-refractivity contribution >= 4 is 5.91 Å². The van der Waals surface area contributed by atoms with Gasteiger partial charge < -0.3 is 9.88 Å². The van der Waals surface area contributed by atoms with E-state index in [1.165, 1.54) is 31.2 Å². The number of rotatable bonds is 4. The second-order valence-corrected chi connectivity index (χ2v) is 9.52. The highest BCUT2D eigenvalue weighted by Gasteiger charge is 2.32. The fraction of sp³-hybridized carbons (Fsp3) is 0.560. The molecule has 5 rings (SSSR count). The van der Waals surface area contributed by atoms with Gasteiger partial charge in [-0.2, -0.15) is 0 Å². The zero-order chi connectivity index (χ0) is 21.4. The van der Waals surface area contributed by atoms with Crippen LogP contribution in [0.25, 0.3) is 0 Å². The monoisotopic (exact) mass is 420 g/mol. The Labute approximate surface area is 183 Å². The Balaban J connectivity index is 1.27. The standard InChI is InChI=1S/C25H32N4O2/c1-17-6-8-18(9-7-17)14-23(30)29-12-10-19(15-29)24-26-22-16-28(20-4-2-3-5-20)13-11-21(22)25(31)27-24/h6-9,19-20H,2-5,10-16H2,1H3,(H,26,27,31). The lowest BCUT2D eigenvalue weighted by atomic mass is 10.0. The van der Waals surface area contributed by atoms with Gasteiger partial charge >= 0.3 is 0 Å². The first-order chi connectivity index (χ1) is 15.1. The van der Waals surface area contributed by atoms with Crippen LogP contribution >= 0.6 is 0 Å². The highest BCUT2D eigenvalue weighted by Crippen LogP contribution is 2.29. The minimum absolute atomic E-state index is 0.0236. The van der Waals surface area contributed by atoms with Gasteiger partial charge in [-0.15, -0.1) is 0 Å². The van der Waals surface area contributed by atoms with Crippen LogP contribution in [0.1, 0.15) is 66.2 Å². The molecule has 3 heterocycles. The Hall–Kier alpha value is -2.47. The smallest absolute Gasteiger partial charge is 0.254 e. The van der Waals surface area contributed by atoms with Crippen molar-refractivity contribution in [3.63, 3.8) is 0 Å².